The summed E-state index contributed by atoms with van der Waals surface area (Å²) in [7, 11) is 0. The summed E-state index contributed by atoms with van der Waals surface area (Å²) in [6, 6.07) is 16.5. The first-order chi connectivity index (χ1) is 16.3. The van der Waals surface area contributed by atoms with E-state index in [4.69, 9.17) is 5.73 Å². The molecule has 0 radical (unpaired) electrons. The number of aryl methyl sites for hydroxylation is 2. The Morgan fingerprint density at radius 1 is 0.735 bits per heavy atom. The van der Waals surface area contributed by atoms with E-state index in [2.05, 4.69) is 67.8 Å². The summed E-state index contributed by atoms with van der Waals surface area (Å²) >= 11 is 0. The minimum Gasteiger partial charge on any atom is -0.352 e. The molecule has 0 bridgehead atoms. The molecule has 2 aromatic rings. The first-order valence-corrected chi connectivity index (χ1v) is 12.6. The zero-order chi connectivity index (χ0) is 25.3. The van der Waals surface area contributed by atoms with Crippen molar-refractivity contribution in [1.82, 2.24) is 10.6 Å². The van der Waals surface area contributed by atoms with Crippen LogP contribution in [0.3, 0.4) is 0 Å². The summed E-state index contributed by atoms with van der Waals surface area (Å²) < 4.78 is 0. The lowest BCUT2D eigenvalue weighted by Gasteiger charge is -2.11. The predicted molar refractivity (Wildman–Crippen MR) is 142 cm³/mol. The van der Waals surface area contributed by atoms with E-state index < -0.39 is 0 Å². The maximum atomic E-state index is 11.8. The molecule has 2 unspecified atom stereocenters. The third-order valence-electron chi connectivity index (χ3n) is 5.90. The van der Waals surface area contributed by atoms with E-state index in [9.17, 15) is 9.59 Å². The Bertz CT molecular complexity index is 760. The normalized spacial score (nSPS) is 12.2. The summed E-state index contributed by atoms with van der Waals surface area (Å²) in [6.07, 6.45) is 5.01. The highest BCUT2D eigenvalue weighted by Crippen LogP contribution is 2.09. The van der Waals surface area contributed by atoms with Crippen LogP contribution in [0, 0.1) is 25.7 Å². The summed E-state index contributed by atoms with van der Waals surface area (Å²) in [6.45, 7) is 12.1. The van der Waals surface area contributed by atoms with Crippen LogP contribution in [-0.2, 0) is 22.7 Å². The molecule has 4 N–H and O–H groups in total. The second-order valence-corrected chi connectivity index (χ2v) is 9.28. The number of benzene rings is 2. The fourth-order valence-corrected chi connectivity index (χ4v) is 3.34. The summed E-state index contributed by atoms with van der Waals surface area (Å²) in [5.74, 6) is 0.447. The number of nitrogens with one attached hydrogen (secondary N) is 2. The van der Waals surface area contributed by atoms with Crippen molar-refractivity contribution in [2.75, 3.05) is 6.54 Å². The van der Waals surface area contributed by atoms with E-state index in [0.29, 0.717) is 19.6 Å². The van der Waals surface area contributed by atoms with Crippen molar-refractivity contribution in [1.29, 1.82) is 0 Å². The maximum Gasteiger partial charge on any atom is 0.223 e. The first kappa shape index (κ1) is 29.4. The van der Waals surface area contributed by atoms with E-state index in [1.54, 1.807) is 0 Å². The van der Waals surface area contributed by atoms with Crippen molar-refractivity contribution in [3.63, 3.8) is 0 Å². The van der Waals surface area contributed by atoms with Crippen LogP contribution in [0.15, 0.2) is 48.5 Å². The van der Waals surface area contributed by atoms with Crippen molar-refractivity contribution in [3.8, 4) is 0 Å². The van der Waals surface area contributed by atoms with Gasteiger partial charge < -0.3 is 16.4 Å². The molecule has 0 spiro atoms. The fraction of sp³-hybridized carbons (Fsp3) is 0.517. The molecule has 0 saturated heterocycles. The minimum atomic E-state index is 0.0454. The van der Waals surface area contributed by atoms with Crippen molar-refractivity contribution in [2.45, 2.75) is 79.8 Å². The van der Waals surface area contributed by atoms with Gasteiger partial charge in [0, 0.05) is 24.9 Å². The smallest absolute Gasteiger partial charge is 0.223 e. The van der Waals surface area contributed by atoms with Gasteiger partial charge in [-0.25, -0.2) is 0 Å². The molecular formula is C29H45N3O2. The van der Waals surface area contributed by atoms with Gasteiger partial charge >= 0.3 is 0 Å². The number of rotatable bonds is 12. The molecular weight excluding hydrogens is 422 g/mol. The first-order valence-electron chi connectivity index (χ1n) is 12.6. The molecule has 0 aromatic heterocycles. The van der Waals surface area contributed by atoms with Crippen LogP contribution in [0.1, 0.15) is 75.1 Å². The molecule has 5 heteroatoms. The van der Waals surface area contributed by atoms with Gasteiger partial charge in [-0.05, 0) is 50.8 Å². The molecule has 2 aromatic carbocycles. The zero-order valence-electron chi connectivity index (χ0n) is 21.8. The maximum absolute atomic E-state index is 11.8. The molecule has 0 saturated carbocycles. The molecule has 2 amide bonds. The number of hydrogen-bond donors (Lipinski definition) is 3. The number of amides is 2. The number of nitrogens with two attached hydrogens (primary N) is 1. The minimum absolute atomic E-state index is 0.0454. The van der Waals surface area contributed by atoms with Crippen LogP contribution in [0.4, 0.5) is 0 Å². The number of unbranched alkanes of at least 4 members (excludes halogenated alkanes) is 1. The van der Waals surface area contributed by atoms with Gasteiger partial charge in [-0.2, -0.15) is 0 Å². The third kappa shape index (κ3) is 12.5. The Labute approximate surface area is 206 Å². The molecule has 2 rings (SSSR count). The van der Waals surface area contributed by atoms with Crippen LogP contribution < -0.4 is 16.4 Å². The molecule has 0 heterocycles. The Balaban J connectivity index is 0.000000340. The quantitative estimate of drug-likeness (QED) is 0.389. The Kier molecular flexibility index (Phi) is 14.6. The van der Waals surface area contributed by atoms with Gasteiger partial charge in [-0.3, -0.25) is 9.59 Å². The van der Waals surface area contributed by atoms with Gasteiger partial charge in [0.05, 0.1) is 0 Å². The van der Waals surface area contributed by atoms with Gasteiger partial charge in [-0.15, -0.1) is 0 Å². The van der Waals surface area contributed by atoms with Gasteiger partial charge in [0.15, 0.2) is 0 Å². The standard InChI is InChI=1S/C15H23NO.C14H22N2O/c1-4-5-6-13(3)15(17)16-11-14-9-7-12(2)8-10-14;1-11-5-7-13(8-6-11)10-16-14(17)12(2)4-3-9-15/h7-10,13H,4-6,11H2,1-3H3,(H,16,17);5-8,12H,3-4,9-10,15H2,1-2H3,(H,16,17). The highest BCUT2D eigenvalue weighted by molar-refractivity contribution is 5.78. The van der Waals surface area contributed by atoms with Crippen LogP contribution in [0.5, 0.6) is 0 Å². The molecule has 0 aliphatic rings. The number of carbonyl (C=O) groups excluding carboxylic acids is 2. The third-order valence-corrected chi connectivity index (χ3v) is 5.90. The van der Waals surface area contributed by atoms with Gasteiger partial charge in [-0.1, -0.05) is 93.3 Å². The number of carbonyl (C=O) groups is 2. The molecule has 2 atom stereocenters. The lowest BCUT2D eigenvalue weighted by molar-refractivity contribution is -0.125. The van der Waals surface area contributed by atoms with Crippen LogP contribution in [0.2, 0.25) is 0 Å². The van der Waals surface area contributed by atoms with Crippen molar-refractivity contribution >= 4 is 11.8 Å². The lowest BCUT2D eigenvalue weighted by Crippen LogP contribution is -2.29. The van der Waals surface area contributed by atoms with E-state index in [-0.39, 0.29) is 23.7 Å². The van der Waals surface area contributed by atoms with E-state index in [1.807, 2.05) is 26.0 Å². The molecule has 5 nitrogen and oxygen atoms in total. The molecule has 188 valence electrons. The van der Waals surface area contributed by atoms with E-state index in [1.165, 1.54) is 11.1 Å². The van der Waals surface area contributed by atoms with Crippen molar-refractivity contribution in [2.24, 2.45) is 17.6 Å². The zero-order valence-corrected chi connectivity index (χ0v) is 21.8. The molecule has 0 aliphatic carbocycles. The molecule has 34 heavy (non-hydrogen) atoms. The van der Waals surface area contributed by atoms with Crippen molar-refractivity contribution in [3.05, 3.63) is 70.8 Å². The summed E-state index contributed by atoms with van der Waals surface area (Å²) in [5.41, 5.74) is 10.2. The van der Waals surface area contributed by atoms with E-state index >= 15 is 0 Å². The Morgan fingerprint density at radius 2 is 1.12 bits per heavy atom. The Hall–Kier alpha value is -2.66. The summed E-state index contributed by atoms with van der Waals surface area (Å²) in [5, 5.41) is 5.94. The average Bonchev–Trinajstić information content (AvgIpc) is 2.85. The van der Waals surface area contributed by atoms with Crippen LogP contribution >= 0.6 is 0 Å². The second-order valence-electron chi connectivity index (χ2n) is 9.28. The molecule has 0 fully saturated rings. The van der Waals surface area contributed by atoms with Crippen LogP contribution in [-0.4, -0.2) is 18.4 Å². The van der Waals surface area contributed by atoms with Gasteiger partial charge in [0.1, 0.15) is 0 Å². The highest BCUT2D eigenvalue weighted by Gasteiger charge is 2.12. The lowest BCUT2D eigenvalue weighted by atomic mass is 10.0. The van der Waals surface area contributed by atoms with Gasteiger partial charge in [0.2, 0.25) is 11.8 Å². The monoisotopic (exact) mass is 467 g/mol. The highest BCUT2D eigenvalue weighted by atomic mass is 16.2. The second kappa shape index (κ2) is 16.9. The average molecular weight is 468 g/mol. The molecule has 0 aliphatic heterocycles. The fourth-order valence-electron chi connectivity index (χ4n) is 3.34. The van der Waals surface area contributed by atoms with Gasteiger partial charge in [0.25, 0.3) is 0 Å². The summed E-state index contributed by atoms with van der Waals surface area (Å²) in [4.78, 5) is 23.5. The van der Waals surface area contributed by atoms with E-state index in [0.717, 1.165) is 43.2 Å². The number of hydrogen-bond acceptors (Lipinski definition) is 3. The topological polar surface area (TPSA) is 84.2 Å². The van der Waals surface area contributed by atoms with Crippen LogP contribution in [0.25, 0.3) is 0 Å². The largest absolute Gasteiger partial charge is 0.352 e. The Morgan fingerprint density at radius 3 is 1.47 bits per heavy atom. The SMILES string of the molecule is CCCCC(C)C(=O)NCc1ccc(C)cc1.Cc1ccc(CNC(=O)C(C)CCCN)cc1. The predicted octanol–water partition coefficient (Wildman–Crippen LogP) is 5.42. The van der Waals surface area contributed by atoms with Crippen molar-refractivity contribution < 1.29 is 9.59 Å².